The second kappa shape index (κ2) is 5.30. The van der Waals surface area contributed by atoms with Crippen molar-refractivity contribution in [3.8, 4) is 0 Å². The van der Waals surface area contributed by atoms with Crippen LogP contribution in [0.15, 0.2) is 41.6 Å². The number of hydrogen-bond donors (Lipinski definition) is 3. The lowest BCUT2D eigenvalue weighted by atomic mass is 10.4. The Bertz CT molecular complexity index is 607. The van der Waals surface area contributed by atoms with Gasteiger partial charge in [-0.2, -0.15) is 0 Å². The van der Waals surface area contributed by atoms with Gasteiger partial charge >= 0.3 is 0 Å². The second-order valence-electron chi connectivity index (χ2n) is 3.71. The van der Waals surface area contributed by atoms with Crippen LogP contribution in [-0.4, -0.2) is 18.4 Å². The van der Waals surface area contributed by atoms with E-state index in [9.17, 15) is 8.42 Å². The van der Waals surface area contributed by atoms with Gasteiger partial charge in [0.2, 0.25) is 10.0 Å². The first-order valence-corrected chi connectivity index (χ1v) is 6.87. The van der Waals surface area contributed by atoms with E-state index in [0.717, 1.165) is 0 Å². The van der Waals surface area contributed by atoms with E-state index in [4.69, 9.17) is 5.73 Å². The molecule has 96 valence electrons. The van der Waals surface area contributed by atoms with Crippen molar-refractivity contribution in [2.75, 3.05) is 0 Å². The smallest absolute Gasteiger partial charge is 0.242 e. The Kier molecular flexibility index (Phi) is 3.75. The lowest BCUT2D eigenvalue weighted by Crippen LogP contribution is -2.23. The molecule has 2 heterocycles. The zero-order valence-electron chi connectivity index (χ0n) is 9.63. The molecule has 0 atom stereocenters. The van der Waals surface area contributed by atoms with E-state index < -0.39 is 10.0 Å². The molecule has 0 aromatic carbocycles. The van der Waals surface area contributed by atoms with Gasteiger partial charge in [-0.05, 0) is 18.2 Å². The molecule has 0 bridgehead atoms. The lowest BCUT2D eigenvalue weighted by Gasteiger charge is -2.03. The third kappa shape index (κ3) is 2.95. The molecule has 0 aliphatic rings. The highest BCUT2D eigenvalue weighted by Crippen LogP contribution is 2.10. The number of nitrogens with two attached hydrogens (primary N) is 1. The molecule has 2 aromatic rings. The van der Waals surface area contributed by atoms with Gasteiger partial charge in [0.15, 0.2) is 0 Å². The van der Waals surface area contributed by atoms with Crippen molar-refractivity contribution in [2.45, 2.75) is 18.0 Å². The molecule has 0 saturated carbocycles. The van der Waals surface area contributed by atoms with E-state index in [2.05, 4.69) is 14.7 Å². The summed E-state index contributed by atoms with van der Waals surface area (Å²) in [7, 11) is -3.52. The molecular formula is C11H14N4O2S. The molecule has 0 saturated heterocycles. The van der Waals surface area contributed by atoms with Crippen LogP contribution >= 0.6 is 0 Å². The fourth-order valence-electron chi connectivity index (χ4n) is 1.45. The number of nitrogens with zero attached hydrogens (tertiary/aromatic N) is 1. The number of rotatable bonds is 5. The van der Waals surface area contributed by atoms with Gasteiger partial charge in [0.25, 0.3) is 0 Å². The molecule has 7 heteroatoms. The van der Waals surface area contributed by atoms with Gasteiger partial charge in [0.05, 0.1) is 17.1 Å². The predicted octanol–water partition coefficient (Wildman–Crippen LogP) is 0.347. The van der Waals surface area contributed by atoms with Crippen LogP contribution in [0.2, 0.25) is 0 Å². The molecule has 0 fully saturated rings. The topological polar surface area (TPSA) is 101 Å². The van der Waals surface area contributed by atoms with Crippen LogP contribution in [0.3, 0.4) is 0 Å². The summed E-state index contributed by atoms with van der Waals surface area (Å²) in [6.07, 6.45) is 3.04. The van der Waals surface area contributed by atoms with E-state index >= 15 is 0 Å². The first-order valence-electron chi connectivity index (χ1n) is 5.39. The molecule has 0 aliphatic heterocycles. The largest absolute Gasteiger partial charge is 0.363 e. The normalized spacial score (nSPS) is 11.6. The van der Waals surface area contributed by atoms with Crippen LogP contribution in [0.25, 0.3) is 0 Å². The number of aromatic amines is 1. The van der Waals surface area contributed by atoms with E-state index in [1.807, 2.05) is 0 Å². The fourth-order valence-corrected chi connectivity index (χ4v) is 2.46. The van der Waals surface area contributed by atoms with Crippen LogP contribution in [0.5, 0.6) is 0 Å². The van der Waals surface area contributed by atoms with E-state index in [1.165, 1.54) is 12.3 Å². The Balaban J connectivity index is 2.08. The maximum Gasteiger partial charge on any atom is 0.242 e. The van der Waals surface area contributed by atoms with Crippen LogP contribution in [0.4, 0.5) is 0 Å². The maximum absolute atomic E-state index is 11.9. The van der Waals surface area contributed by atoms with Crippen molar-refractivity contribution < 1.29 is 8.42 Å². The molecular weight excluding hydrogens is 252 g/mol. The number of hydrogen-bond acceptors (Lipinski definition) is 4. The Morgan fingerprint density at radius 3 is 2.83 bits per heavy atom. The third-order valence-electron chi connectivity index (χ3n) is 2.42. The summed E-state index contributed by atoms with van der Waals surface area (Å²) >= 11 is 0. The van der Waals surface area contributed by atoms with Gasteiger partial charge in [0, 0.05) is 24.6 Å². The van der Waals surface area contributed by atoms with Crippen molar-refractivity contribution in [2.24, 2.45) is 5.73 Å². The minimum Gasteiger partial charge on any atom is -0.363 e. The highest BCUT2D eigenvalue weighted by atomic mass is 32.2. The van der Waals surface area contributed by atoms with Crippen molar-refractivity contribution in [3.63, 3.8) is 0 Å². The molecule has 0 spiro atoms. The van der Waals surface area contributed by atoms with E-state index in [1.54, 1.807) is 24.4 Å². The van der Waals surface area contributed by atoms with Crippen molar-refractivity contribution >= 4 is 10.0 Å². The second-order valence-corrected chi connectivity index (χ2v) is 5.48. The van der Waals surface area contributed by atoms with Gasteiger partial charge in [0.1, 0.15) is 0 Å². The molecule has 2 aromatic heterocycles. The molecule has 6 nitrogen and oxygen atoms in total. The average Bonchev–Trinajstić information content (AvgIpc) is 2.87. The summed E-state index contributed by atoms with van der Waals surface area (Å²) < 4.78 is 26.3. The Hall–Kier alpha value is -1.70. The van der Waals surface area contributed by atoms with Crippen LogP contribution in [0, 0.1) is 0 Å². The summed E-state index contributed by atoms with van der Waals surface area (Å²) in [5.41, 5.74) is 6.75. The van der Waals surface area contributed by atoms with Crippen LogP contribution < -0.4 is 10.5 Å². The standard InChI is InChI=1S/C11H14N4O2S/c12-6-10-5-11(8-14-10)18(16,17)15-7-9-3-1-2-4-13-9/h1-5,8,14-15H,6-7,12H2. The van der Waals surface area contributed by atoms with E-state index in [-0.39, 0.29) is 18.0 Å². The molecule has 2 rings (SSSR count). The molecule has 0 amide bonds. The first-order chi connectivity index (χ1) is 8.62. The summed E-state index contributed by atoms with van der Waals surface area (Å²) in [6, 6.07) is 6.85. The van der Waals surface area contributed by atoms with Crippen molar-refractivity contribution in [1.29, 1.82) is 0 Å². The molecule has 0 aliphatic carbocycles. The summed E-state index contributed by atoms with van der Waals surface area (Å²) in [5.74, 6) is 0. The zero-order valence-corrected chi connectivity index (χ0v) is 10.4. The number of pyridine rings is 1. The van der Waals surface area contributed by atoms with Crippen molar-refractivity contribution in [1.82, 2.24) is 14.7 Å². The summed E-state index contributed by atoms with van der Waals surface area (Å²) in [6.45, 7) is 0.433. The number of aromatic nitrogens is 2. The SMILES string of the molecule is NCc1cc(S(=O)(=O)NCc2ccccn2)c[nH]1. The Morgan fingerprint density at radius 1 is 1.39 bits per heavy atom. The highest BCUT2D eigenvalue weighted by molar-refractivity contribution is 7.89. The van der Waals surface area contributed by atoms with Gasteiger partial charge in [-0.15, -0.1) is 0 Å². The lowest BCUT2D eigenvalue weighted by molar-refractivity contribution is 0.580. The highest BCUT2D eigenvalue weighted by Gasteiger charge is 2.15. The quantitative estimate of drug-likeness (QED) is 0.726. The van der Waals surface area contributed by atoms with E-state index in [0.29, 0.717) is 11.4 Å². The molecule has 0 unspecified atom stereocenters. The Morgan fingerprint density at radius 2 is 2.22 bits per heavy atom. The third-order valence-corrected chi connectivity index (χ3v) is 3.80. The fraction of sp³-hybridized carbons (Fsp3) is 0.182. The first kappa shape index (κ1) is 12.7. The van der Waals surface area contributed by atoms with Gasteiger partial charge < -0.3 is 10.7 Å². The summed E-state index contributed by atoms with van der Waals surface area (Å²) in [5, 5.41) is 0. The number of H-pyrrole nitrogens is 1. The van der Waals surface area contributed by atoms with Gasteiger partial charge in [-0.25, -0.2) is 13.1 Å². The number of nitrogens with one attached hydrogen (secondary N) is 2. The summed E-state index contributed by atoms with van der Waals surface area (Å²) in [4.78, 5) is 7.02. The maximum atomic E-state index is 11.9. The van der Waals surface area contributed by atoms with Gasteiger partial charge in [-0.3, -0.25) is 4.98 Å². The monoisotopic (exact) mass is 266 g/mol. The minimum absolute atomic E-state index is 0.159. The van der Waals surface area contributed by atoms with Crippen molar-refractivity contribution in [3.05, 3.63) is 48.0 Å². The zero-order chi connectivity index (χ0) is 13.0. The molecule has 18 heavy (non-hydrogen) atoms. The predicted molar refractivity (Wildman–Crippen MR) is 66.9 cm³/mol. The van der Waals surface area contributed by atoms with Crippen LogP contribution in [0.1, 0.15) is 11.4 Å². The Labute approximate surface area is 105 Å². The number of sulfonamides is 1. The average molecular weight is 266 g/mol. The minimum atomic E-state index is -3.52. The van der Waals surface area contributed by atoms with Gasteiger partial charge in [-0.1, -0.05) is 6.07 Å². The van der Waals surface area contributed by atoms with Crippen LogP contribution in [-0.2, 0) is 23.1 Å². The molecule has 0 radical (unpaired) electrons. The molecule has 4 N–H and O–H groups in total.